The van der Waals surface area contributed by atoms with E-state index in [2.05, 4.69) is 14.9 Å². The molecule has 16 heavy (non-hydrogen) atoms. The van der Waals surface area contributed by atoms with Crippen LogP contribution in [-0.4, -0.2) is 23.1 Å². The second-order valence-electron chi connectivity index (χ2n) is 4.17. The van der Waals surface area contributed by atoms with Gasteiger partial charge in [0, 0.05) is 25.7 Å². The molecule has 0 amide bonds. The highest BCUT2D eigenvalue weighted by molar-refractivity contribution is 5.30. The Bertz CT molecular complexity index is 393. The van der Waals surface area contributed by atoms with Gasteiger partial charge in [0.05, 0.1) is 5.69 Å². The Kier molecular flexibility index (Phi) is 3.56. The lowest BCUT2D eigenvalue weighted by atomic mass is 10.2. The lowest BCUT2D eigenvalue weighted by Crippen LogP contribution is -2.29. The lowest BCUT2D eigenvalue weighted by Gasteiger charge is -2.20. The van der Waals surface area contributed by atoms with E-state index in [0.29, 0.717) is 18.2 Å². The molecule has 0 spiro atoms. The molecule has 1 aromatic rings. The lowest BCUT2D eigenvalue weighted by molar-refractivity contribution is 0.726. The minimum Gasteiger partial charge on any atom is -0.342 e. The first-order valence-corrected chi connectivity index (χ1v) is 5.85. The van der Waals surface area contributed by atoms with Gasteiger partial charge in [-0.2, -0.15) is 0 Å². The van der Waals surface area contributed by atoms with Crippen molar-refractivity contribution in [3.63, 3.8) is 0 Å². The molecule has 0 saturated carbocycles. The highest BCUT2D eigenvalue weighted by Crippen LogP contribution is 2.14. The quantitative estimate of drug-likeness (QED) is 0.768. The van der Waals surface area contributed by atoms with Crippen LogP contribution in [0.1, 0.15) is 31.4 Å². The van der Waals surface area contributed by atoms with Gasteiger partial charge in [-0.3, -0.25) is 9.78 Å². The Labute approximate surface area is 94.7 Å². The number of anilines is 1. The summed E-state index contributed by atoms with van der Waals surface area (Å²) in [5.41, 5.74) is 6.05. The number of nitrogens with one attached hydrogen (secondary N) is 1. The second kappa shape index (κ2) is 5.12. The highest BCUT2D eigenvalue weighted by Gasteiger charge is 2.12. The summed E-state index contributed by atoms with van der Waals surface area (Å²) in [4.78, 5) is 20.7. The smallest absolute Gasteiger partial charge is 0.252 e. The van der Waals surface area contributed by atoms with Crippen LogP contribution in [0.3, 0.4) is 0 Å². The molecule has 5 heteroatoms. The van der Waals surface area contributed by atoms with Crippen molar-refractivity contribution in [3.05, 3.63) is 22.1 Å². The summed E-state index contributed by atoms with van der Waals surface area (Å²) < 4.78 is 0. The number of nitrogens with zero attached hydrogens (tertiary/aromatic N) is 2. The van der Waals surface area contributed by atoms with Crippen molar-refractivity contribution in [2.75, 3.05) is 18.0 Å². The SMILES string of the molecule is NCc1cc(=O)[nH]c(N2CCCCCC2)n1. The molecule has 0 aliphatic carbocycles. The summed E-state index contributed by atoms with van der Waals surface area (Å²) >= 11 is 0. The predicted molar refractivity (Wildman–Crippen MR) is 63.4 cm³/mol. The number of aromatic nitrogens is 2. The number of nitrogens with two attached hydrogens (primary N) is 1. The van der Waals surface area contributed by atoms with E-state index in [9.17, 15) is 4.79 Å². The Balaban J connectivity index is 2.23. The maximum Gasteiger partial charge on any atom is 0.252 e. The summed E-state index contributed by atoms with van der Waals surface area (Å²) in [5.74, 6) is 0.676. The molecular formula is C11H18N4O. The summed E-state index contributed by atoms with van der Waals surface area (Å²) in [7, 11) is 0. The highest BCUT2D eigenvalue weighted by atomic mass is 16.1. The number of rotatable bonds is 2. The van der Waals surface area contributed by atoms with E-state index in [4.69, 9.17) is 5.73 Å². The van der Waals surface area contributed by atoms with E-state index in [1.165, 1.54) is 18.9 Å². The molecule has 1 aromatic heterocycles. The molecule has 1 aliphatic rings. The predicted octanol–water partition coefficient (Wildman–Crippen LogP) is 0.609. The van der Waals surface area contributed by atoms with Gasteiger partial charge in [-0.15, -0.1) is 0 Å². The summed E-state index contributed by atoms with van der Waals surface area (Å²) in [6.07, 6.45) is 4.85. The van der Waals surface area contributed by atoms with Crippen LogP contribution in [0.5, 0.6) is 0 Å². The van der Waals surface area contributed by atoms with Crippen LogP contribution in [0.25, 0.3) is 0 Å². The number of H-pyrrole nitrogens is 1. The topological polar surface area (TPSA) is 75.0 Å². The zero-order valence-corrected chi connectivity index (χ0v) is 9.41. The first kappa shape index (κ1) is 11.1. The van der Waals surface area contributed by atoms with Gasteiger partial charge in [0.2, 0.25) is 5.95 Å². The molecule has 1 fully saturated rings. The van der Waals surface area contributed by atoms with Gasteiger partial charge in [-0.25, -0.2) is 4.98 Å². The molecule has 0 radical (unpaired) electrons. The van der Waals surface area contributed by atoms with Crippen LogP contribution in [-0.2, 0) is 6.54 Å². The molecule has 5 nitrogen and oxygen atoms in total. The van der Waals surface area contributed by atoms with Gasteiger partial charge in [0.25, 0.3) is 5.56 Å². The largest absolute Gasteiger partial charge is 0.342 e. The van der Waals surface area contributed by atoms with E-state index in [-0.39, 0.29) is 5.56 Å². The standard InChI is InChI=1S/C11H18N4O/c12-8-9-7-10(16)14-11(13-9)15-5-3-1-2-4-6-15/h7H,1-6,8,12H2,(H,13,14,16). The average molecular weight is 222 g/mol. The second-order valence-corrected chi connectivity index (χ2v) is 4.17. The maximum absolute atomic E-state index is 11.4. The Morgan fingerprint density at radius 1 is 1.31 bits per heavy atom. The monoisotopic (exact) mass is 222 g/mol. The number of hydrogen-bond acceptors (Lipinski definition) is 4. The van der Waals surface area contributed by atoms with E-state index in [1.807, 2.05) is 0 Å². The van der Waals surface area contributed by atoms with Crippen LogP contribution in [0, 0.1) is 0 Å². The van der Waals surface area contributed by atoms with Crippen molar-refractivity contribution < 1.29 is 0 Å². The van der Waals surface area contributed by atoms with Gasteiger partial charge < -0.3 is 10.6 Å². The van der Waals surface area contributed by atoms with Gasteiger partial charge in [-0.1, -0.05) is 12.8 Å². The van der Waals surface area contributed by atoms with Crippen LogP contribution in [0.15, 0.2) is 10.9 Å². The van der Waals surface area contributed by atoms with Crippen molar-refractivity contribution in [2.24, 2.45) is 5.73 Å². The van der Waals surface area contributed by atoms with Gasteiger partial charge in [0.1, 0.15) is 0 Å². The molecule has 3 N–H and O–H groups in total. The fourth-order valence-corrected chi connectivity index (χ4v) is 2.03. The fraction of sp³-hybridized carbons (Fsp3) is 0.636. The van der Waals surface area contributed by atoms with Crippen molar-refractivity contribution in [2.45, 2.75) is 32.2 Å². The molecule has 0 unspecified atom stereocenters. The van der Waals surface area contributed by atoms with Crippen LogP contribution >= 0.6 is 0 Å². The molecule has 0 atom stereocenters. The Morgan fingerprint density at radius 3 is 2.62 bits per heavy atom. The van der Waals surface area contributed by atoms with Gasteiger partial charge >= 0.3 is 0 Å². The summed E-state index contributed by atoms with van der Waals surface area (Å²) in [5, 5.41) is 0. The molecule has 0 aromatic carbocycles. The average Bonchev–Trinajstić information content (AvgIpc) is 2.56. The van der Waals surface area contributed by atoms with Crippen molar-refractivity contribution in [3.8, 4) is 0 Å². The van der Waals surface area contributed by atoms with Crippen molar-refractivity contribution in [1.29, 1.82) is 0 Å². The minimum absolute atomic E-state index is 0.116. The molecule has 2 heterocycles. The number of aromatic amines is 1. The molecular weight excluding hydrogens is 204 g/mol. The first-order valence-electron chi connectivity index (χ1n) is 5.85. The third-order valence-corrected chi connectivity index (χ3v) is 2.90. The maximum atomic E-state index is 11.4. The van der Waals surface area contributed by atoms with Gasteiger partial charge in [-0.05, 0) is 12.8 Å². The molecule has 0 bridgehead atoms. The van der Waals surface area contributed by atoms with E-state index >= 15 is 0 Å². The summed E-state index contributed by atoms with van der Waals surface area (Å²) in [6.45, 7) is 2.25. The van der Waals surface area contributed by atoms with Crippen molar-refractivity contribution in [1.82, 2.24) is 9.97 Å². The van der Waals surface area contributed by atoms with Crippen LogP contribution in [0.2, 0.25) is 0 Å². The third kappa shape index (κ3) is 2.61. The number of hydrogen-bond donors (Lipinski definition) is 2. The minimum atomic E-state index is -0.116. The third-order valence-electron chi connectivity index (χ3n) is 2.90. The van der Waals surface area contributed by atoms with E-state index in [1.54, 1.807) is 0 Å². The summed E-state index contributed by atoms with van der Waals surface area (Å²) in [6, 6.07) is 1.46. The van der Waals surface area contributed by atoms with Crippen LogP contribution in [0.4, 0.5) is 5.95 Å². The van der Waals surface area contributed by atoms with Gasteiger partial charge in [0.15, 0.2) is 0 Å². The normalized spacial score (nSPS) is 17.2. The fourth-order valence-electron chi connectivity index (χ4n) is 2.03. The molecule has 1 saturated heterocycles. The molecule has 2 rings (SSSR count). The van der Waals surface area contributed by atoms with E-state index < -0.39 is 0 Å². The van der Waals surface area contributed by atoms with Crippen molar-refractivity contribution >= 4 is 5.95 Å². The zero-order chi connectivity index (χ0) is 11.4. The first-order chi connectivity index (χ1) is 7.79. The van der Waals surface area contributed by atoms with Crippen LogP contribution < -0.4 is 16.2 Å². The van der Waals surface area contributed by atoms with E-state index in [0.717, 1.165) is 25.9 Å². The zero-order valence-electron chi connectivity index (χ0n) is 9.41. The Hall–Kier alpha value is -1.36. The molecule has 88 valence electrons. The Morgan fingerprint density at radius 2 is 2.00 bits per heavy atom. The molecule has 1 aliphatic heterocycles.